The first-order chi connectivity index (χ1) is 10.7. The van der Waals surface area contributed by atoms with E-state index in [1.54, 1.807) is 0 Å². The molecule has 0 amide bonds. The van der Waals surface area contributed by atoms with Crippen molar-refractivity contribution in [3.8, 4) is 0 Å². The van der Waals surface area contributed by atoms with Crippen LogP contribution in [0.1, 0.15) is 39.0 Å². The Morgan fingerprint density at radius 1 is 1.32 bits per heavy atom. The highest BCUT2D eigenvalue weighted by Gasteiger charge is 2.27. The molecule has 1 fully saturated rings. The molecule has 0 aromatic carbocycles. The van der Waals surface area contributed by atoms with E-state index in [2.05, 4.69) is 29.3 Å². The lowest BCUT2D eigenvalue weighted by Crippen LogP contribution is -2.46. The summed E-state index contributed by atoms with van der Waals surface area (Å²) < 4.78 is 4.85. The largest absolute Gasteiger partial charge is 0.469 e. The van der Waals surface area contributed by atoms with Crippen molar-refractivity contribution in [3.05, 3.63) is 12.2 Å². The van der Waals surface area contributed by atoms with Crippen LogP contribution in [0.2, 0.25) is 0 Å². The summed E-state index contributed by atoms with van der Waals surface area (Å²) in [6, 6.07) is 0. The number of methoxy groups -OCH3 is 1. The van der Waals surface area contributed by atoms with Gasteiger partial charge >= 0.3 is 5.97 Å². The molecule has 0 aromatic rings. The molecule has 0 saturated carbocycles. The number of aliphatic imine (C=N–C) groups is 1. The first-order valence-corrected chi connectivity index (χ1v) is 8.50. The molecule has 1 unspecified atom stereocenters. The number of nitrogens with zero attached hydrogens (tertiary/aromatic N) is 2. The van der Waals surface area contributed by atoms with Crippen molar-refractivity contribution in [1.82, 2.24) is 10.2 Å². The van der Waals surface area contributed by atoms with E-state index in [1.165, 1.54) is 20.0 Å². The molecular formula is C17H29N3O2. The van der Waals surface area contributed by atoms with Crippen LogP contribution in [-0.4, -0.2) is 50.1 Å². The molecule has 22 heavy (non-hydrogen) atoms. The van der Waals surface area contributed by atoms with Crippen molar-refractivity contribution >= 4 is 11.9 Å². The summed E-state index contributed by atoms with van der Waals surface area (Å²) in [5, 5.41) is 3.39. The summed E-state index contributed by atoms with van der Waals surface area (Å²) >= 11 is 0. The SMILES string of the molecule is CCNC(=NCC1CC=CCC1)N1CCC(C(=O)OC)CC1. The van der Waals surface area contributed by atoms with Crippen LogP contribution in [0.15, 0.2) is 17.1 Å². The molecular weight excluding hydrogens is 278 g/mol. The number of allylic oxidation sites excluding steroid dienone is 2. The van der Waals surface area contributed by atoms with E-state index in [0.29, 0.717) is 5.92 Å². The van der Waals surface area contributed by atoms with Gasteiger partial charge in [-0.05, 0) is 44.9 Å². The van der Waals surface area contributed by atoms with Crippen LogP contribution in [0.5, 0.6) is 0 Å². The number of ether oxygens (including phenoxy) is 1. The second-order valence-corrected chi connectivity index (χ2v) is 6.13. The van der Waals surface area contributed by atoms with Crippen LogP contribution in [0.25, 0.3) is 0 Å². The number of piperidine rings is 1. The fraction of sp³-hybridized carbons (Fsp3) is 0.765. The van der Waals surface area contributed by atoms with E-state index in [4.69, 9.17) is 9.73 Å². The second kappa shape index (κ2) is 8.81. The predicted molar refractivity (Wildman–Crippen MR) is 88.8 cm³/mol. The molecule has 0 spiro atoms. The van der Waals surface area contributed by atoms with Gasteiger partial charge in [-0.2, -0.15) is 0 Å². The van der Waals surface area contributed by atoms with E-state index in [-0.39, 0.29) is 11.9 Å². The number of carbonyl (C=O) groups is 1. The van der Waals surface area contributed by atoms with Crippen molar-refractivity contribution in [2.45, 2.75) is 39.0 Å². The number of nitrogens with one attached hydrogen (secondary N) is 1. The Balaban J connectivity index is 1.88. The van der Waals surface area contributed by atoms with E-state index < -0.39 is 0 Å². The molecule has 1 saturated heterocycles. The van der Waals surface area contributed by atoms with E-state index >= 15 is 0 Å². The number of hydrogen-bond donors (Lipinski definition) is 1. The summed E-state index contributed by atoms with van der Waals surface area (Å²) in [5.74, 6) is 1.65. The number of esters is 1. The van der Waals surface area contributed by atoms with Crippen molar-refractivity contribution in [3.63, 3.8) is 0 Å². The molecule has 1 aliphatic heterocycles. The van der Waals surface area contributed by atoms with Gasteiger partial charge in [-0.15, -0.1) is 0 Å². The van der Waals surface area contributed by atoms with Crippen LogP contribution in [0.4, 0.5) is 0 Å². The zero-order valence-electron chi connectivity index (χ0n) is 13.9. The maximum absolute atomic E-state index is 11.6. The zero-order valence-corrected chi connectivity index (χ0v) is 13.9. The number of hydrogen-bond acceptors (Lipinski definition) is 3. The monoisotopic (exact) mass is 307 g/mol. The second-order valence-electron chi connectivity index (χ2n) is 6.13. The van der Waals surface area contributed by atoms with Gasteiger partial charge in [-0.3, -0.25) is 9.79 Å². The normalized spacial score (nSPS) is 23.5. The smallest absolute Gasteiger partial charge is 0.308 e. The maximum atomic E-state index is 11.6. The maximum Gasteiger partial charge on any atom is 0.308 e. The van der Waals surface area contributed by atoms with Crippen LogP contribution in [-0.2, 0) is 9.53 Å². The van der Waals surface area contributed by atoms with Gasteiger partial charge in [0.15, 0.2) is 5.96 Å². The average Bonchev–Trinajstić information content (AvgIpc) is 2.59. The zero-order chi connectivity index (χ0) is 15.8. The fourth-order valence-corrected chi connectivity index (χ4v) is 3.16. The van der Waals surface area contributed by atoms with Crippen molar-refractivity contribution in [2.24, 2.45) is 16.8 Å². The Morgan fingerprint density at radius 2 is 2.09 bits per heavy atom. The highest BCUT2D eigenvalue weighted by molar-refractivity contribution is 5.80. The Bertz CT molecular complexity index is 412. The Hall–Kier alpha value is -1.52. The molecule has 0 bridgehead atoms. The molecule has 1 atom stereocenters. The molecule has 2 aliphatic rings. The summed E-state index contributed by atoms with van der Waals surface area (Å²) in [6.07, 6.45) is 9.81. The van der Waals surface area contributed by atoms with Gasteiger partial charge in [0.1, 0.15) is 0 Å². The van der Waals surface area contributed by atoms with Gasteiger partial charge in [0.25, 0.3) is 0 Å². The van der Waals surface area contributed by atoms with E-state index in [1.807, 2.05) is 0 Å². The lowest BCUT2D eigenvalue weighted by Gasteiger charge is -2.33. The predicted octanol–water partition coefficient (Wildman–Crippen LogP) is 2.19. The number of rotatable bonds is 4. The standard InChI is InChI=1S/C17H29N3O2/c1-3-18-17(19-13-14-7-5-4-6-8-14)20-11-9-15(10-12-20)16(21)22-2/h4-5,14-15H,3,6-13H2,1-2H3,(H,18,19). The lowest BCUT2D eigenvalue weighted by atomic mass is 9.95. The molecule has 124 valence electrons. The first kappa shape index (κ1) is 16.8. The molecule has 5 heteroatoms. The Labute approximate surface area is 133 Å². The topological polar surface area (TPSA) is 53.9 Å². The van der Waals surface area contributed by atoms with Gasteiger partial charge in [0.05, 0.1) is 13.0 Å². The van der Waals surface area contributed by atoms with Gasteiger partial charge in [0.2, 0.25) is 0 Å². The van der Waals surface area contributed by atoms with Crippen molar-refractivity contribution in [2.75, 3.05) is 33.3 Å². The lowest BCUT2D eigenvalue weighted by molar-refractivity contribution is -0.146. The van der Waals surface area contributed by atoms with Crippen LogP contribution < -0.4 is 5.32 Å². The molecule has 1 heterocycles. The minimum Gasteiger partial charge on any atom is -0.469 e. The minimum atomic E-state index is -0.0735. The first-order valence-electron chi connectivity index (χ1n) is 8.50. The van der Waals surface area contributed by atoms with Gasteiger partial charge in [0, 0.05) is 26.2 Å². The summed E-state index contributed by atoms with van der Waals surface area (Å²) in [5.41, 5.74) is 0. The number of likely N-dealkylation sites (tertiary alicyclic amines) is 1. The number of guanidine groups is 1. The third-order valence-electron chi connectivity index (χ3n) is 4.54. The highest BCUT2D eigenvalue weighted by Crippen LogP contribution is 2.20. The molecule has 0 radical (unpaired) electrons. The molecule has 2 rings (SSSR count). The van der Waals surface area contributed by atoms with Crippen LogP contribution >= 0.6 is 0 Å². The third kappa shape index (κ3) is 4.75. The van der Waals surface area contributed by atoms with E-state index in [0.717, 1.165) is 51.4 Å². The number of carbonyl (C=O) groups excluding carboxylic acids is 1. The average molecular weight is 307 g/mol. The van der Waals surface area contributed by atoms with Crippen molar-refractivity contribution in [1.29, 1.82) is 0 Å². The summed E-state index contributed by atoms with van der Waals surface area (Å²) in [7, 11) is 1.47. The molecule has 1 aliphatic carbocycles. The third-order valence-corrected chi connectivity index (χ3v) is 4.54. The summed E-state index contributed by atoms with van der Waals surface area (Å²) in [4.78, 5) is 18.7. The molecule has 5 nitrogen and oxygen atoms in total. The van der Waals surface area contributed by atoms with Crippen LogP contribution in [0, 0.1) is 11.8 Å². The minimum absolute atomic E-state index is 0.0487. The fourth-order valence-electron chi connectivity index (χ4n) is 3.16. The summed E-state index contributed by atoms with van der Waals surface area (Å²) in [6.45, 7) is 5.61. The van der Waals surface area contributed by atoms with Gasteiger partial charge < -0.3 is 15.0 Å². The van der Waals surface area contributed by atoms with E-state index in [9.17, 15) is 4.79 Å². The molecule has 1 N–H and O–H groups in total. The molecule has 0 aromatic heterocycles. The van der Waals surface area contributed by atoms with Gasteiger partial charge in [-0.25, -0.2) is 0 Å². The highest BCUT2D eigenvalue weighted by atomic mass is 16.5. The van der Waals surface area contributed by atoms with Crippen LogP contribution in [0.3, 0.4) is 0 Å². The quantitative estimate of drug-likeness (QED) is 0.374. The van der Waals surface area contributed by atoms with Crippen molar-refractivity contribution < 1.29 is 9.53 Å². The Morgan fingerprint density at radius 3 is 2.68 bits per heavy atom. The van der Waals surface area contributed by atoms with Gasteiger partial charge in [-0.1, -0.05) is 12.2 Å². The Kier molecular flexibility index (Phi) is 6.74.